The Morgan fingerprint density at radius 2 is 1.75 bits per heavy atom. The van der Waals surface area contributed by atoms with Crippen molar-refractivity contribution in [1.82, 2.24) is 15.0 Å². The second-order valence-corrected chi connectivity index (χ2v) is 2.88. The van der Waals surface area contributed by atoms with E-state index in [9.17, 15) is 0 Å². The normalized spacial score (nSPS) is 10.2. The highest BCUT2D eigenvalue weighted by Crippen LogP contribution is 2.04. The Morgan fingerprint density at radius 1 is 1.08 bits per heavy atom. The maximum Gasteiger partial charge on any atom is 0.225 e. The van der Waals surface area contributed by atoms with E-state index >= 15 is 0 Å². The van der Waals surface area contributed by atoms with Crippen LogP contribution < -0.4 is 0 Å². The maximum absolute atomic E-state index is 5.70. The lowest BCUT2D eigenvalue weighted by molar-refractivity contribution is 0.780. The van der Waals surface area contributed by atoms with E-state index in [0.717, 1.165) is 30.9 Å². The van der Waals surface area contributed by atoms with Crippen LogP contribution in [-0.2, 0) is 12.8 Å². The predicted octanol–water partition coefficient (Wildman–Crippen LogP) is 2.04. The lowest BCUT2D eigenvalue weighted by Crippen LogP contribution is -2.02. The van der Waals surface area contributed by atoms with E-state index in [4.69, 9.17) is 11.6 Å². The molecule has 1 aromatic heterocycles. The number of nitrogens with zero attached hydrogens (tertiary/aromatic N) is 3. The molecule has 0 radical (unpaired) electrons. The molecule has 0 saturated heterocycles. The van der Waals surface area contributed by atoms with Gasteiger partial charge in [0.25, 0.3) is 0 Å². The molecule has 0 saturated carbocycles. The Bertz CT molecular complexity index is 262. The third-order valence-electron chi connectivity index (χ3n) is 1.49. The van der Waals surface area contributed by atoms with E-state index in [-0.39, 0.29) is 0 Å². The van der Waals surface area contributed by atoms with Gasteiger partial charge in [-0.25, -0.2) is 15.0 Å². The summed E-state index contributed by atoms with van der Waals surface area (Å²) < 4.78 is 0. The Morgan fingerprint density at radius 3 is 2.33 bits per heavy atom. The van der Waals surface area contributed by atoms with E-state index in [1.165, 1.54) is 0 Å². The van der Waals surface area contributed by atoms with E-state index < -0.39 is 0 Å². The van der Waals surface area contributed by atoms with Crippen LogP contribution in [0.3, 0.4) is 0 Å². The molecule has 0 spiro atoms. The van der Waals surface area contributed by atoms with Crippen molar-refractivity contribution < 1.29 is 0 Å². The number of aromatic nitrogens is 3. The molecule has 12 heavy (non-hydrogen) atoms. The monoisotopic (exact) mass is 185 g/mol. The molecule has 0 bridgehead atoms. The molecule has 1 heterocycles. The maximum atomic E-state index is 5.70. The van der Waals surface area contributed by atoms with Crippen molar-refractivity contribution in [2.75, 3.05) is 0 Å². The molecule has 0 aromatic carbocycles. The largest absolute Gasteiger partial charge is 0.225 e. The number of halogens is 1. The molecule has 1 aromatic rings. The van der Waals surface area contributed by atoms with Crippen LogP contribution in [0.25, 0.3) is 0 Å². The number of hydrogen-bond donors (Lipinski definition) is 0. The quantitative estimate of drug-likeness (QED) is 0.724. The first-order valence-electron chi connectivity index (χ1n) is 4.15. The minimum atomic E-state index is 0.310. The average molecular weight is 186 g/mol. The van der Waals surface area contributed by atoms with Gasteiger partial charge in [0.1, 0.15) is 11.6 Å². The van der Waals surface area contributed by atoms with E-state index in [1.807, 2.05) is 6.92 Å². The molecule has 0 aliphatic carbocycles. The first-order valence-corrected chi connectivity index (χ1v) is 4.53. The Labute approximate surface area is 77.2 Å². The summed E-state index contributed by atoms with van der Waals surface area (Å²) in [6.45, 7) is 4.09. The summed E-state index contributed by atoms with van der Waals surface area (Å²) in [6.07, 6.45) is 2.71. The Kier molecular flexibility index (Phi) is 3.41. The van der Waals surface area contributed by atoms with Gasteiger partial charge in [0.2, 0.25) is 5.28 Å². The van der Waals surface area contributed by atoms with Crippen molar-refractivity contribution >= 4 is 11.6 Å². The minimum Gasteiger partial charge on any atom is -0.218 e. The fourth-order valence-corrected chi connectivity index (χ4v) is 1.13. The van der Waals surface area contributed by atoms with Gasteiger partial charge in [-0.2, -0.15) is 0 Å². The molecule has 3 nitrogen and oxygen atoms in total. The molecule has 66 valence electrons. The van der Waals surface area contributed by atoms with Crippen molar-refractivity contribution in [2.45, 2.75) is 33.1 Å². The first-order chi connectivity index (χ1) is 5.76. The second-order valence-electron chi connectivity index (χ2n) is 2.54. The molecule has 0 unspecified atom stereocenters. The molecule has 0 amide bonds. The SMILES string of the molecule is CCCc1nc(Cl)nc(CC)n1. The topological polar surface area (TPSA) is 38.7 Å². The summed E-state index contributed by atoms with van der Waals surface area (Å²) in [4.78, 5) is 12.2. The third-order valence-corrected chi connectivity index (χ3v) is 1.66. The highest BCUT2D eigenvalue weighted by Gasteiger charge is 2.01. The standard InChI is InChI=1S/C8H12ClN3/c1-3-5-7-10-6(4-2)11-8(9)12-7/h3-5H2,1-2H3. The van der Waals surface area contributed by atoms with Crippen molar-refractivity contribution in [3.8, 4) is 0 Å². The van der Waals surface area contributed by atoms with Gasteiger partial charge in [0.05, 0.1) is 0 Å². The van der Waals surface area contributed by atoms with Crippen LogP contribution in [0.15, 0.2) is 0 Å². The molecule has 0 fully saturated rings. The molecule has 0 aliphatic rings. The van der Waals surface area contributed by atoms with Crippen molar-refractivity contribution in [3.63, 3.8) is 0 Å². The fraction of sp³-hybridized carbons (Fsp3) is 0.625. The van der Waals surface area contributed by atoms with E-state index in [2.05, 4.69) is 21.9 Å². The predicted molar refractivity (Wildman–Crippen MR) is 48.2 cm³/mol. The second kappa shape index (κ2) is 4.36. The smallest absolute Gasteiger partial charge is 0.218 e. The summed E-state index contributed by atoms with van der Waals surface area (Å²) in [7, 11) is 0. The lowest BCUT2D eigenvalue weighted by Gasteiger charge is -1.99. The zero-order chi connectivity index (χ0) is 8.97. The van der Waals surface area contributed by atoms with Crippen LogP contribution >= 0.6 is 11.6 Å². The lowest BCUT2D eigenvalue weighted by atomic mass is 10.3. The zero-order valence-corrected chi connectivity index (χ0v) is 8.10. The van der Waals surface area contributed by atoms with Crippen LogP contribution in [0.2, 0.25) is 5.28 Å². The highest BCUT2D eigenvalue weighted by molar-refractivity contribution is 6.28. The van der Waals surface area contributed by atoms with Gasteiger partial charge in [0, 0.05) is 12.8 Å². The van der Waals surface area contributed by atoms with Crippen LogP contribution in [-0.4, -0.2) is 15.0 Å². The number of rotatable bonds is 3. The molecular weight excluding hydrogens is 174 g/mol. The summed E-state index contributed by atoms with van der Waals surface area (Å²) in [5.41, 5.74) is 0. The van der Waals surface area contributed by atoms with Crippen LogP contribution in [0.1, 0.15) is 31.9 Å². The van der Waals surface area contributed by atoms with Gasteiger partial charge < -0.3 is 0 Å². The molecule has 0 atom stereocenters. The van der Waals surface area contributed by atoms with E-state index in [1.54, 1.807) is 0 Å². The molecule has 0 N–H and O–H groups in total. The Balaban J connectivity index is 2.90. The molecule has 4 heteroatoms. The molecular formula is C8H12ClN3. The van der Waals surface area contributed by atoms with E-state index in [0.29, 0.717) is 5.28 Å². The van der Waals surface area contributed by atoms with Gasteiger partial charge in [-0.1, -0.05) is 13.8 Å². The number of aryl methyl sites for hydroxylation is 2. The fourth-order valence-electron chi connectivity index (χ4n) is 0.930. The summed E-state index contributed by atoms with van der Waals surface area (Å²) >= 11 is 5.70. The zero-order valence-electron chi connectivity index (χ0n) is 7.34. The van der Waals surface area contributed by atoms with Gasteiger partial charge in [-0.3, -0.25) is 0 Å². The van der Waals surface area contributed by atoms with Gasteiger partial charge in [-0.15, -0.1) is 0 Å². The molecule has 1 rings (SSSR count). The minimum absolute atomic E-state index is 0.310. The van der Waals surface area contributed by atoms with Crippen LogP contribution in [0.5, 0.6) is 0 Å². The van der Waals surface area contributed by atoms with Gasteiger partial charge in [0.15, 0.2) is 0 Å². The van der Waals surface area contributed by atoms with Crippen LogP contribution in [0.4, 0.5) is 0 Å². The van der Waals surface area contributed by atoms with Gasteiger partial charge >= 0.3 is 0 Å². The average Bonchev–Trinajstić information content (AvgIpc) is 2.04. The third kappa shape index (κ3) is 2.41. The first kappa shape index (κ1) is 9.39. The summed E-state index contributed by atoms with van der Waals surface area (Å²) in [5, 5.41) is 0.310. The number of hydrogen-bond acceptors (Lipinski definition) is 3. The molecule has 0 aliphatic heterocycles. The Hall–Kier alpha value is -0.700. The van der Waals surface area contributed by atoms with Crippen molar-refractivity contribution in [1.29, 1.82) is 0 Å². The highest BCUT2D eigenvalue weighted by atomic mass is 35.5. The summed E-state index contributed by atoms with van der Waals surface area (Å²) in [6, 6.07) is 0. The van der Waals surface area contributed by atoms with Crippen LogP contribution in [0, 0.1) is 0 Å². The van der Waals surface area contributed by atoms with Crippen molar-refractivity contribution in [3.05, 3.63) is 16.9 Å². The summed E-state index contributed by atoms with van der Waals surface area (Å²) in [5.74, 6) is 1.58. The van der Waals surface area contributed by atoms with Gasteiger partial charge in [-0.05, 0) is 18.0 Å². The van der Waals surface area contributed by atoms with Crippen molar-refractivity contribution in [2.24, 2.45) is 0 Å².